The second kappa shape index (κ2) is 6.69. The molecule has 0 bridgehead atoms. The monoisotopic (exact) mass is 337 g/mol. The zero-order chi connectivity index (χ0) is 15.7. The zero-order valence-electron chi connectivity index (χ0n) is 12.3. The quantitative estimate of drug-likeness (QED) is 0.626. The van der Waals surface area contributed by atoms with E-state index in [1.165, 1.54) is 19.9 Å². The van der Waals surface area contributed by atoms with Crippen molar-refractivity contribution in [2.24, 2.45) is 5.73 Å². The minimum Gasteiger partial charge on any atom is -0.324 e. The van der Waals surface area contributed by atoms with E-state index in [-0.39, 0.29) is 23.8 Å². The third-order valence-electron chi connectivity index (χ3n) is 2.70. The molecule has 0 saturated carbocycles. The number of rotatable bonds is 5. The number of nitrogens with one attached hydrogen (secondary N) is 1. The number of nitro groups is 1. The summed E-state index contributed by atoms with van der Waals surface area (Å²) in [5, 5.41) is 11.1. The second-order valence-electron chi connectivity index (χ2n) is 5.45. The zero-order valence-corrected chi connectivity index (χ0v) is 14.0. The average molecular weight is 338 g/mol. The van der Waals surface area contributed by atoms with Crippen molar-refractivity contribution in [2.45, 2.75) is 38.1 Å². The molecular formula is C12H20ClN3O4S. The lowest BCUT2D eigenvalue weighted by atomic mass is 10.1. The summed E-state index contributed by atoms with van der Waals surface area (Å²) in [6, 6.07) is 3.07. The molecule has 0 saturated heterocycles. The lowest BCUT2D eigenvalue weighted by Crippen LogP contribution is -2.45. The molecule has 0 aromatic heterocycles. The van der Waals surface area contributed by atoms with Crippen LogP contribution in [0.2, 0.25) is 0 Å². The normalized spacial score (nSPS) is 11.9. The van der Waals surface area contributed by atoms with Gasteiger partial charge in [-0.2, -0.15) is 0 Å². The predicted octanol–water partition coefficient (Wildman–Crippen LogP) is 1.65. The van der Waals surface area contributed by atoms with Gasteiger partial charge in [-0.1, -0.05) is 12.1 Å². The van der Waals surface area contributed by atoms with E-state index in [1.807, 2.05) is 0 Å². The molecule has 0 heterocycles. The van der Waals surface area contributed by atoms with Crippen molar-refractivity contribution >= 4 is 28.1 Å². The van der Waals surface area contributed by atoms with Gasteiger partial charge in [-0.15, -0.1) is 12.4 Å². The van der Waals surface area contributed by atoms with Crippen molar-refractivity contribution in [1.29, 1.82) is 0 Å². The molecule has 7 nitrogen and oxygen atoms in total. The number of hydrogen-bond acceptors (Lipinski definition) is 5. The lowest BCUT2D eigenvalue weighted by Gasteiger charge is -2.19. The summed E-state index contributed by atoms with van der Waals surface area (Å²) in [6.07, 6.45) is 0. The molecule has 0 radical (unpaired) electrons. The fraction of sp³-hybridized carbons (Fsp3) is 0.500. The van der Waals surface area contributed by atoms with Gasteiger partial charge in [0.25, 0.3) is 5.69 Å². The number of aryl methyl sites for hydroxylation is 2. The molecule has 3 N–H and O–H groups in total. The van der Waals surface area contributed by atoms with Gasteiger partial charge in [0, 0.05) is 17.6 Å². The molecule has 1 aromatic rings. The van der Waals surface area contributed by atoms with Gasteiger partial charge >= 0.3 is 0 Å². The van der Waals surface area contributed by atoms with Crippen LogP contribution in [0.5, 0.6) is 0 Å². The Morgan fingerprint density at radius 2 is 1.76 bits per heavy atom. The van der Waals surface area contributed by atoms with Crippen molar-refractivity contribution < 1.29 is 13.3 Å². The van der Waals surface area contributed by atoms with Gasteiger partial charge < -0.3 is 5.73 Å². The summed E-state index contributed by atoms with van der Waals surface area (Å²) < 4.78 is 26.9. The highest BCUT2D eigenvalue weighted by Gasteiger charge is 2.30. The molecule has 0 spiro atoms. The summed E-state index contributed by atoms with van der Waals surface area (Å²) in [6.45, 7) is 6.33. The molecule has 0 aliphatic carbocycles. The minimum atomic E-state index is -3.99. The number of sulfonamides is 1. The standard InChI is InChI=1S/C12H19N3O4S.ClH/c1-8-5-6-9(2)11(10(8)15(16)17)20(18,19)14-7-12(3,4)13;/h5-6,14H,7,13H2,1-4H3;1H. The van der Waals surface area contributed by atoms with Crippen LogP contribution in [0.3, 0.4) is 0 Å². The first-order valence-electron chi connectivity index (χ1n) is 5.99. The van der Waals surface area contributed by atoms with E-state index in [9.17, 15) is 18.5 Å². The SMILES string of the molecule is Cc1ccc(C)c(S(=O)(=O)NCC(C)(C)N)c1[N+](=O)[O-].Cl. The van der Waals surface area contributed by atoms with Gasteiger partial charge in [-0.3, -0.25) is 10.1 Å². The summed E-state index contributed by atoms with van der Waals surface area (Å²) in [5.74, 6) is 0. The highest BCUT2D eigenvalue weighted by atomic mass is 35.5. The third-order valence-corrected chi connectivity index (χ3v) is 4.28. The number of nitro benzene ring substituents is 1. The topological polar surface area (TPSA) is 115 Å². The van der Waals surface area contributed by atoms with Crippen LogP contribution in [0.15, 0.2) is 17.0 Å². The molecule has 1 rings (SSSR count). The van der Waals surface area contributed by atoms with E-state index in [4.69, 9.17) is 5.73 Å². The molecule has 9 heteroatoms. The van der Waals surface area contributed by atoms with Crippen LogP contribution < -0.4 is 10.5 Å². The molecule has 120 valence electrons. The third kappa shape index (κ3) is 4.92. The van der Waals surface area contributed by atoms with E-state index in [2.05, 4.69) is 4.72 Å². The Balaban J connectivity index is 0.00000400. The largest absolute Gasteiger partial charge is 0.324 e. The van der Waals surface area contributed by atoms with Gasteiger partial charge in [0.15, 0.2) is 4.90 Å². The van der Waals surface area contributed by atoms with E-state index < -0.39 is 26.2 Å². The Bertz CT molecular complexity index is 639. The Labute approximate surface area is 130 Å². The molecule has 1 aromatic carbocycles. The first-order chi connectivity index (χ1) is 8.96. The molecule has 21 heavy (non-hydrogen) atoms. The van der Waals surface area contributed by atoms with Crippen LogP contribution >= 0.6 is 12.4 Å². The maximum atomic E-state index is 12.3. The predicted molar refractivity (Wildman–Crippen MR) is 83.3 cm³/mol. The van der Waals surface area contributed by atoms with Crippen molar-refractivity contribution in [1.82, 2.24) is 4.72 Å². The first kappa shape index (κ1) is 19.8. The highest BCUT2D eigenvalue weighted by molar-refractivity contribution is 7.89. The molecule has 0 aliphatic rings. The van der Waals surface area contributed by atoms with Gasteiger partial charge in [0.2, 0.25) is 10.0 Å². The van der Waals surface area contributed by atoms with Gasteiger partial charge in [-0.05, 0) is 33.3 Å². The fourth-order valence-corrected chi connectivity index (χ4v) is 3.38. The van der Waals surface area contributed by atoms with Crippen LogP contribution in [0, 0.1) is 24.0 Å². The summed E-state index contributed by atoms with van der Waals surface area (Å²) in [4.78, 5) is 10.2. The fourth-order valence-electron chi connectivity index (χ4n) is 1.69. The smallest absolute Gasteiger partial charge is 0.292 e. The summed E-state index contributed by atoms with van der Waals surface area (Å²) in [7, 11) is -3.99. The van der Waals surface area contributed by atoms with Gasteiger partial charge in [0.1, 0.15) is 0 Å². The first-order valence-corrected chi connectivity index (χ1v) is 7.47. The minimum absolute atomic E-state index is 0. The van der Waals surface area contributed by atoms with Crippen LogP contribution in [0.4, 0.5) is 5.69 Å². The van der Waals surface area contributed by atoms with Crippen LogP contribution in [0.1, 0.15) is 25.0 Å². The number of nitrogens with zero attached hydrogens (tertiary/aromatic N) is 1. The molecule has 0 aliphatic heterocycles. The number of nitrogens with two attached hydrogens (primary N) is 1. The van der Waals surface area contributed by atoms with Crippen molar-refractivity contribution in [3.05, 3.63) is 33.4 Å². The lowest BCUT2D eigenvalue weighted by molar-refractivity contribution is -0.388. The average Bonchev–Trinajstić information content (AvgIpc) is 2.28. The highest BCUT2D eigenvalue weighted by Crippen LogP contribution is 2.30. The van der Waals surface area contributed by atoms with E-state index in [1.54, 1.807) is 19.9 Å². The van der Waals surface area contributed by atoms with E-state index >= 15 is 0 Å². The summed E-state index contributed by atoms with van der Waals surface area (Å²) in [5.41, 5.74) is 5.20. The van der Waals surface area contributed by atoms with Crippen molar-refractivity contribution in [3.63, 3.8) is 0 Å². The Hall–Kier alpha value is -1.22. The summed E-state index contributed by atoms with van der Waals surface area (Å²) >= 11 is 0. The van der Waals surface area contributed by atoms with Gasteiger partial charge in [-0.25, -0.2) is 13.1 Å². The molecule has 0 fully saturated rings. The van der Waals surface area contributed by atoms with Crippen molar-refractivity contribution in [3.8, 4) is 0 Å². The van der Waals surface area contributed by atoms with Crippen LogP contribution in [-0.2, 0) is 10.0 Å². The molecule has 0 unspecified atom stereocenters. The molecule has 0 atom stereocenters. The van der Waals surface area contributed by atoms with E-state index in [0.717, 1.165) is 0 Å². The Kier molecular flexibility index (Phi) is 6.31. The van der Waals surface area contributed by atoms with Crippen LogP contribution in [-0.4, -0.2) is 25.4 Å². The molecule has 0 amide bonds. The maximum absolute atomic E-state index is 12.3. The van der Waals surface area contributed by atoms with Gasteiger partial charge in [0.05, 0.1) is 4.92 Å². The number of hydrogen-bond donors (Lipinski definition) is 2. The Morgan fingerprint density at radius 3 is 2.19 bits per heavy atom. The number of halogens is 1. The van der Waals surface area contributed by atoms with Crippen LogP contribution in [0.25, 0.3) is 0 Å². The second-order valence-corrected chi connectivity index (χ2v) is 7.15. The number of benzene rings is 1. The van der Waals surface area contributed by atoms with E-state index in [0.29, 0.717) is 11.1 Å². The maximum Gasteiger partial charge on any atom is 0.292 e. The molecular weight excluding hydrogens is 318 g/mol. The Morgan fingerprint density at radius 1 is 1.29 bits per heavy atom. The van der Waals surface area contributed by atoms with Crippen molar-refractivity contribution in [2.75, 3.05) is 6.54 Å².